The van der Waals surface area contributed by atoms with E-state index in [1.165, 1.54) is 0 Å². The Morgan fingerprint density at radius 3 is 2.28 bits per heavy atom. The Morgan fingerprint density at radius 2 is 1.68 bits per heavy atom. The summed E-state index contributed by atoms with van der Waals surface area (Å²) in [7, 11) is -3.35. The third-order valence-corrected chi connectivity index (χ3v) is 7.54. The molecule has 0 aliphatic carbocycles. The summed E-state index contributed by atoms with van der Waals surface area (Å²) >= 11 is 0. The van der Waals surface area contributed by atoms with Gasteiger partial charge in [0.25, 0.3) is 5.91 Å². The zero-order valence-corrected chi connectivity index (χ0v) is 14.6. The highest BCUT2D eigenvalue weighted by atomic mass is 32.2. The number of nitrogens with zero attached hydrogens (tertiary/aromatic N) is 2. The molecule has 2 aliphatic rings. The van der Waals surface area contributed by atoms with Crippen LogP contribution in [-0.4, -0.2) is 41.5 Å². The van der Waals surface area contributed by atoms with Crippen LogP contribution in [0.4, 0.5) is 0 Å². The number of hydrogen-bond donors (Lipinski definition) is 0. The highest BCUT2D eigenvalue weighted by Gasteiger charge is 2.47. The van der Waals surface area contributed by atoms with Crippen LogP contribution in [-0.2, 0) is 9.84 Å². The lowest BCUT2D eigenvalue weighted by Gasteiger charge is -2.38. The number of benzene rings is 1. The Kier molecular flexibility index (Phi) is 4.07. The second-order valence-corrected chi connectivity index (χ2v) is 9.02. The molecule has 1 aromatic heterocycles. The van der Waals surface area contributed by atoms with Gasteiger partial charge in [-0.3, -0.25) is 9.78 Å². The number of carbonyl (C=O) groups excluding carboxylic acids is 1. The van der Waals surface area contributed by atoms with Crippen LogP contribution in [0.3, 0.4) is 0 Å². The molecule has 2 aromatic rings. The fourth-order valence-electron chi connectivity index (χ4n) is 4.15. The Balaban J connectivity index is 1.57. The zero-order valence-electron chi connectivity index (χ0n) is 13.8. The molecular weight excluding hydrogens is 336 g/mol. The van der Waals surface area contributed by atoms with E-state index in [1.807, 2.05) is 11.0 Å². The van der Waals surface area contributed by atoms with E-state index < -0.39 is 15.1 Å². The molecule has 130 valence electrons. The minimum atomic E-state index is -3.35. The SMILES string of the molecule is O=C(c1cccnc1)N1[C@H]2CC[C@H]1CC(S(=O)(=O)c1ccccc1)C2. The van der Waals surface area contributed by atoms with Crippen molar-refractivity contribution >= 4 is 15.7 Å². The summed E-state index contributed by atoms with van der Waals surface area (Å²) in [5.41, 5.74) is 0.573. The lowest BCUT2D eigenvalue weighted by molar-refractivity contribution is 0.0598. The van der Waals surface area contributed by atoms with E-state index in [0.29, 0.717) is 23.3 Å². The molecule has 2 bridgehead atoms. The van der Waals surface area contributed by atoms with E-state index in [4.69, 9.17) is 0 Å². The number of sulfone groups is 1. The van der Waals surface area contributed by atoms with Crippen LogP contribution in [0.25, 0.3) is 0 Å². The topological polar surface area (TPSA) is 67.3 Å². The summed E-state index contributed by atoms with van der Waals surface area (Å²) in [6, 6.07) is 12.1. The van der Waals surface area contributed by atoms with E-state index in [0.717, 1.165) is 12.8 Å². The number of piperidine rings is 1. The largest absolute Gasteiger partial charge is 0.333 e. The first-order valence-electron chi connectivity index (χ1n) is 8.59. The second kappa shape index (κ2) is 6.26. The Morgan fingerprint density at radius 1 is 1.00 bits per heavy atom. The molecule has 0 unspecified atom stereocenters. The first kappa shape index (κ1) is 16.3. The molecule has 1 amide bonds. The van der Waals surface area contributed by atoms with Gasteiger partial charge in [0.15, 0.2) is 9.84 Å². The van der Waals surface area contributed by atoms with Gasteiger partial charge < -0.3 is 4.90 Å². The van der Waals surface area contributed by atoms with Gasteiger partial charge >= 0.3 is 0 Å². The van der Waals surface area contributed by atoms with Gasteiger partial charge in [-0.1, -0.05) is 18.2 Å². The number of carbonyl (C=O) groups is 1. The molecule has 25 heavy (non-hydrogen) atoms. The maximum absolute atomic E-state index is 12.9. The van der Waals surface area contributed by atoms with Gasteiger partial charge in [-0.2, -0.15) is 0 Å². The van der Waals surface area contributed by atoms with Crippen LogP contribution >= 0.6 is 0 Å². The van der Waals surface area contributed by atoms with Gasteiger partial charge in [-0.15, -0.1) is 0 Å². The van der Waals surface area contributed by atoms with Gasteiger partial charge in [0.2, 0.25) is 0 Å². The average Bonchev–Trinajstić information content (AvgIpc) is 2.91. The molecule has 1 aromatic carbocycles. The van der Waals surface area contributed by atoms with E-state index in [9.17, 15) is 13.2 Å². The normalized spacial score (nSPS) is 25.8. The number of fused-ring (bicyclic) bond motifs is 2. The molecular formula is C19H20N2O3S. The zero-order chi connectivity index (χ0) is 17.4. The van der Waals surface area contributed by atoms with Crippen molar-refractivity contribution in [1.82, 2.24) is 9.88 Å². The first-order chi connectivity index (χ1) is 12.1. The smallest absolute Gasteiger partial charge is 0.255 e. The maximum atomic E-state index is 12.9. The second-order valence-electron chi connectivity index (χ2n) is 6.79. The van der Waals surface area contributed by atoms with Crippen molar-refractivity contribution < 1.29 is 13.2 Å². The molecule has 2 saturated heterocycles. The molecule has 2 aliphatic heterocycles. The standard InChI is InChI=1S/C19H20N2O3S/c22-19(14-5-4-10-20-13-14)21-15-8-9-16(21)12-18(11-15)25(23,24)17-6-2-1-3-7-17/h1-7,10,13,15-16,18H,8-9,11-12H2/t15-,16-/m0/s1. The van der Waals surface area contributed by atoms with Gasteiger partial charge in [-0.25, -0.2) is 8.42 Å². The van der Waals surface area contributed by atoms with Crippen molar-refractivity contribution in [2.45, 2.75) is 47.9 Å². The van der Waals surface area contributed by atoms with Gasteiger partial charge in [0, 0.05) is 24.5 Å². The van der Waals surface area contributed by atoms with Crippen LogP contribution in [0.2, 0.25) is 0 Å². The Hall–Kier alpha value is -2.21. The van der Waals surface area contributed by atoms with Crippen molar-refractivity contribution in [3.8, 4) is 0 Å². The number of hydrogen-bond acceptors (Lipinski definition) is 4. The summed E-state index contributed by atoms with van der Waals surface area (Å²) in [5, 5.41) is -0.412. The van der Waals surface area contributed by atoms with Crippen molar-refractivity contribution in [2.24, 2.45) is 0 Å². The number of rotatable bonds is 3. The molecule has 0 radical (unpaired) electrons. The Labute approximate surface area is 147 Å². The van der Waals surface area contributed by atoms with Gasteiger partial charge in [0.1, 0.15) is 0 Å². The fraction of sp³-hybridized carbons (Fsp3) is 0.368. The van der Waals surface area contributed by atoms with Gasteiger partial charge in [0.05, 0.1) is 15.7 Å². The number of amides is 1. The van der Waals surface area contributed by atoms with Crippen LogP contribution in [0.15, 0.2) is 59.8 Å². The third kappa shape index (κ3) is 2.84. The lowest BCUT2D eigenvalue weighted by atomic mass is 10.0. The summed E-state index contributed by atoms with van der Waals surface area (Å²) in [6.07, 6.45) is 5.99. The fourth-order valence-corrected chi connectivity index (χ4v) is 6.03. The average molecular weight is 356 g/mol. The van der Waals surface area contributed by atoms with Gasteiger partial charge in [-0.05, 0) is 49.9 Å². The maximum Gasteiger partial charge on any atom is 0.255 e. The minimum Gasteiger partial charge on any atom is -0.333 e. The predicted octanol–water partition coefficient (Wildman–Crippen LogP) is 2.69. The molecule has 0 N–H and O–H groups in total. The highest BCUT2D eigenvalue weighted by Crippen LogP contribution is 2.40. The van der Waals surface area contributed by atoms with Crippen LogP contribution in [0.1, 0.15) is 36.0 Å². The molecule has 6 heteroatoms. The van der Waals surface area contributed by atoms with E-state index in [-0.39, 0.29) is 18.0 Å². The van der Waals surface area contributed by atoms with Crippen LogP contribution < -0.4 is 0 Å². The molecule has 2 fully saturated rings. The van der Waals surface area contributed by atoms with Crippen LogP contribution in [0, 0.1) is 0 Å². The lowest BCUT2D eigenvalue weighted by Crippen LogP contribution is -2.49. The molecule has 3 heterocycles. The predicted molar refractivity (Wildman–Crippen MR) is 93.9 cm³/mol. The summed E-state index contributed by atoms with van der Waals surface area (Å²) in [6.45, 7) is 0. The quantitative estimate of drug-likeness (QED) is 0.848. The van der Waals surface area contributed by atoms with Crippen molar-refractivity contribution in [1.29, 1.82) is 0 Å². The van der Waals surface area contributed by atoms with E-state index >= 15 is 0 Å². The minimum absolute atomic E-state index is 0.00468. The highest BCUT2D eigenvalue weighted by molar-refractivity contribution is 7.92. The number of pyridine rings is 1. The van der Waals surface area contributed by atoms with Crippen molar-refractivity contribution in [3.63, 3.8) is 0 Å². The van der Waals surface area contributed by atoms with E-state index in [1.54, 1.807) is 48.8 Å². The first-order valence-corrected chi connectivity index (χ1v) is 10.1. The molecule has 0 saturated carbocycles. The molecule has 4 rings (SSSR count). The summed E-state index contributed by atoms with van der Waals surface area (Å²) in [4.78, 5) is 19.1. The van der Waals surface area contributed by atoms with E-state index in [2.05, 4.69) is 4.98 Å². The molecule has 5 nitrogen and oxygen atoms in total. The molecule has 0 spiro atoms. The summed E-state index contributed by atoms with van der Waals surface area (Å²) < 4.78 is 25.9. The van der Waals surface area contributed by atoms with Crippen molar-refractivity contribution in [3.05, 3.63) is 60.4 Å². The monoisotopic (exact) mass is 356 g/mol. The van der Waals surface area contributed by atoms with Crippen LogP contribution in [0.5, 0.6) is 0 Å². The van der Waals surface area contributed by atoms with Crippen molar-refractivity contribution in [2.75, 3.05) is 0 Å². The Bertz CT molecular complexity index is 854. The summed E-state index contributed by atoms with van der Waals surface area (Å²) in [5.74, 6) is -0.0313. The molecule has 2 atom stereocenters. The number of aromatic nitrogens is 1. The third-order valence-electron chi connectivity index (χ3n) is 5.34.